The standard InChI is InChI=1S/C12H6Cl2N2OS/c13-9-3-4-18-11(9)12(17)16-8-2-1-7(6-15)10(14)5-8/h1-5H,(H,16,17). The minimum absolute atomic E-state index is 0.296. The van der Waals surface area contributed by atoms with Gasteiger partial charge in [-0.1, -0.05) is 23.2 Å². The molecule has 0 aliphatic carbocycles. The van der Waals surface area contributed by atoms with Crippen LogP contribution in [0.4, 0.5) is 5.69 Å². The van der Waals surface area contributed by atoms with Crippen LogP contribution in [0.25, 0.3) is 0 Å². The molecule has 1 N–H and O–H groups in total. The Morgan fingerprint density at radius 1 is 1.28 bits per heavy atom. The molecule has 1 heterocycles. The summed E-state index contributed by atoms with van der Waals surface area (Å²) >= 11 is 13.0. The van der Waals surface area contributed by atoms with Gasteiger partial charge in [0.1, 0.15) is 10.9 Å². The van der Waals surface area contributed by atoms with Gasteiger partial charge >= 0.3 is 0 Å². The number of benzene rings is 1. The van der Waals surface area contributed by atoms with E-state index in [-0.39, 0.29) is 5.91 Å². The molecule has 0 aliphatic rings. The van der Waals surface area contributed by atoms with Crippen molar-refractivity contribution in [3.63, 3.8) is 0 Å². The summed E-state index contributed by atoms with van der Waals surface area (Å²) in [6, 6.07) is 8.30. The van der Waals surface area contributed by atoms with Crippen molar-refractivity contribution in [3.05, 3.63) is 50.1 Å². The maximum Gasteiger partial charge on any atom is 0.267 e. The first kappa shape index (κ1) is 12.9. The van der Waals surface area contributed by atoms with E-state index in [4.69, 9.17) is 28.5 Å². The average molecular weight is 297 g/mol. The zero-order valence-electron chi connectivity index (χ0n) is 8.91. The molecule has 0 saturated carbocycles. The predicted octanol–water partition coefficient (Wildman–Crippen LogP) is 4.18. The van der Waals surface area contributed by atoms with Crippen LogP contribution in [-0.4, -0.2) is 5.91 Å². The molecule has 90 valence electrons. The van der Waals surface area contributed by atoms with Crippen LogP contribution in [0.15, 0.2) is 29.6 Å². The molecule has 3 nitrogen and oxygen atoms in total. The fourth-order valence-electron chi connectivity index (χ4n) is 1.33. The van der Waals surface area contributed by atoms with Crippen LogP contribution in [-0.2, 0) is 0 Å². The third kappa shape index (κ3) is 2.65. The van der Waals surface area contributed by atoms with Crippen LogP contribution in [0.1, 0.15) is 15.2 Å². The van der Waals surface area contributed by atoms with Crippen molar-refractivity contribution < 1.29 is 4.79 Å². The Kier molecular flexibility index (Phi) is 3.87. The number of nitriles is 1. The summed E-state index contributed by atoms with van der Waals surface area (Å²) in [6.45, 7) is 0. The van der Waals surface area contributed by atoms with Crippen molar-refractivity contribution in [1.82, 2.24) is 0 Å². The first-order valence-electron chi connectivity index (χ1n) is 4.86. The van der Waals surface area contributed by atoms with Gasteiger partial charge in [0, 0.05) is 5.69 Å². The van der Waals surface area contributed by atoms with Gasteiger partial charge in [-0.25, -0.2) is 0 Å². The first-order chi connectivity index (χ1) is 8.61. The molecular weight excluding hydrogens is 291 g/mol. The maximum atomic E-state index is 11.9. The number of carbonyl (C=O) groups excluding carboxylic acids is 1. The molecule has 0 unspecified atom stereocenters. The lowest BCUT2D eigenvalue weighted by Gasteiger charge is -2.05. The zero-order chi connectivity index (χ0) is 13.1. The van der Waals surface area contributed by atoms with Crippen LogP contribution >= 0.6 is 34.5 Å². The van der Waals surface area contributed by atoms with E-state index in [1.54, 1.807) is 23.6 Å². The number of anilines is 1. The van der Waals surface area contributed by atoms with Gasteiger partial charge in [-0.2, -0.15) is 5.26 Å². The molecule has 2 aromatic rings. The molecule has 1 aromatic heterocycles. The summed E-state index contributed by atoms with van der Waals surface area (Å²) in [5.41, 5.74) is 0.886. The van der Waals surface area contributed by atoms with E-state index in [2.05, 4.69) is 5.32 Å². The zero-order valence-corrected chi connectivity index (χ0v) is 11.2. The molecule has 0 saturated heterocycles. The smallest absolute Gasteiger partial charge is 0.267 e. The van der Waals surface area contributed by atoms with Gasteiger partial charge in [-0.15, -0.1) is 11.3 Å². The van der Waals surface area contributed by atoms with Crippen molar-refractivity contribution in [2.45, 2.75) is 0 Å². The van der Waals surface area contributed by atoms with E-state index >= 15 is 0 Å². The van der Waals surface area contributed by atoms with E-state index in [9.17, 15) is 4.79 Å². The number of amides is 1. The molecule has 2 rings (SSSR count). The van der Waals surface area contributed by atoms with Crippen LogP contribution in [0, 0.1) is 11.3 Å². The largest absolute Gasteiger partial charge is 0.321 e. The molecule has 0 atom stereocenters. The molecule has 0 radical (unpaired) electrons. The molecule has 1 aromatic carbocycles. The van der Waals surface area contributed by atoms with Gasteiger partial charge < -0.3 is 5.32 Å². The highest BCUT2D eigenvalue weighted by molar-refractivity contribution is 7.12. The van der Waals surface area contributed by atoms with E-state index in [0.717, 1.165) is 0 Å². The van der Waals surface area contributed by atoms with Crippen molar-refractivity contribution in [1.29, 1.82) is 5.26 Å². The SMILES string of the molecule is N#Cc1ccc(NC(=O)c2sccc2Cl)cc1Cl. The minimum Gasteiger partial charge on any atom is -0.321 e. The lowest BCUT2D eigenvalue weighted by molar-refractivity contribution is 0.103. The number of nitrogens with one attached hydrogen (secondary N) is 1. The Bertz CT molecular complexity index is 646. The highest BCUT2D eigenvalue weighted by Crippen LogP contribution is 2.25. The Balaban J connectivity index is 2.21. The number of nitrogens with zero attached hydrogens (tertiary/aromatic N) is 1. The third-order valence-electron chi connectivity index (χ3n) is 2.17. The fourth-order valence-corrected chi connectivity index (χ4v) is 2.59. The van der Waals surface area contributed by atoms with Crippen LogP contribution in [0.5, 0.6) is 0 Å². The molecule has 0 aliphatic heterocycles. The van der Waals surface area contributed by atoms with Crippen LogP contribution < -0.4 is 5.32 Å². The second kappa shape index (κ2) is 5.40. The maximum absolute atomic E-state index is 11.9. The number of rotatable bonds is 2. The van der Waals surface area contributed by atoms with Gasteiger partial charge in [0.15, 0.2) is 0 Å². The Morgan fingerprint density at radius 2 is 2.06 bits per heavy atom. The number of hydrogen-bond acceptors (Lipinski definition) is 3. The van der Waals surface area contributed by atoms with E-state index in [1.165, 1.54) is 17.4 Å². The number of halogens is 2. The normalized spacial score (nSPS) is 9.83. The summed E-state index contributed by atoms with van der Waals surface area (Å²) in [6.07, 6.45) is 0. The highest BCUT2D eigenvalue weighted by atomic mass is 35.5. The predicted molar refractivity (Wildman–Crippen MR) is 73.4 cm³/mol. The summed E-state index contributed by atoms with van der Waals surface area (Å²) in [5.74, 6) is -0.296. The Labute approximate surface area is 118 Å². The lowest BCUT2D eigenvalue weighted by atomic mass is 10.2. The van der Waals surface area contributed by atoms with Crippen LogP contribution in [0.2, 0.25) is 10.0 Å². The highest BCUT2D eigenvalue weighted by Gasteiger charge is 2.12. The Morgan fingerprint density at radius 3 is 2.61 bits per heavy atom. The number of hydrogen-bond donors (Lipinski definition) is 1. The monoisotopic (exact) mass is 296 g/mol. The summed E-state index contributed by atoms with van der Waals surface area (Å²) in [7, 11) is 0. The van der Waals surface area contributed by atoms with E-state index in [1.807, 2.05) is 6.07 Å². The van der Waals surface area contributed by atoms with Crippen molar-refractivity contribution in [2.75, 3.05) is 5.32 Å². The van der Waals surface area contributed by atoms with Gasteiger partial charge in [0.05, 0.1) is 15.6 Å². The Hall–Kier alpha value is -1.54. The van der Waals surface area contributed by atoms with Gasteiger partial charge in [0.25, 0.3) is 5.91 Å². The van der Waals surface area contributed by atoms with Gasteiger partial charge in [0.2, 0.25) is 0 Å². The molecule has 0 fully saturated rings. The molecular formula is C12H6Cl2N2OS. The number of carbonyl (C=O) groups is 1. The minimum atomic E-state index is -0.296. The molecule has 18 heavy (non-hydrogen) atoms. The number of thiophene rings is 1. The molecule has 0 bridgehead atoms. The molecule has 6 heteroatoms. The van der Waals surface area contributed by atoms with Gasteiger partial charge in [-0.05, 0) is 29.6 Å². The quantitative estimate of drug-likeness (QED) is 0.904. The average Bonchev–Trinajstić information content (AvgIpc) is 2.76. The second-order valence-corrected chi connectivity index (χ2v) is 5.09. The fraction of sp³-hybridized carbons (Fsp3) is 0. The van der Waals surface area contributed by atoms with E-state index < -0.39 is 0 Å². The second-order valence-electron chi connectivity index (χ2n) is 3.36. The van der Waals surface area contributed by atoms with Crippen molar-refractivity contribution in [3.8, 4) is 6.07 Å². The summed E-state index contributed by atoms with van der Waals surface area (Å²) < 4.78 is 0. The lowest BCUT2D eigenvalue weighted by Crippen LogP contribution is -2.10. The summed E-state index contributed by atoms with van der Waals surface area (Å²) in [5, 5.41) is 13.9. The first-order valence-corrected chi connectivity index (χ1v) is 6.49. The summed E-state index contributed by atoms with van der Waals surface area (Å²) in [4.78, 5) is 12.3. The topological polar surface area (TPSA) is 52.9 Å². The van der Waals surface area contributed by atoms with Crippen LogP contribution in [0.3, 0.4) is 0 Å². The van der Waals surface area contributed by atoms with Gasteiger partial charge in [-0.3, -0.25) is 4.79 Å². The third-order valence-corrected chi connectivity index (χ3v) is 3.82. The molecule has 0 spiro atoms. The molecule has 1 amide bonds. The van der Waals surface area contributed by atoms with E-state index in [0.29, 0.717) is 26.2 Å². The van der Waals surface area contributed by atoms with Crippen molar-refractivity contribution in [2.24, 2.45) is 0 Å². The van der Waals surface area contributed by atoms with Crippen molar-refractivity contribution >= 4 is 46.1 Å².